The largest absolute Gasteiger partial charge is 0.652 e. The van der Waals surface area contributed by atoms with Crippen LogP contribution < -0.4 is 7.58 Å². The van der Waals surface area contributed by atoms with Gasteiger partial charge in [-0.2, -0.15) is 0 Å². The van der Waals surface area contributed by atoms with Gasteiger partial charge in [0.15, 0.2) is 0 Å². The lowest BCUT2D eigenvalue weighted by atomic mass is 10.2. The fraction of sp³-hybridized carbons (Fsp3) is 0.100. The first-order valence-corrected chi connectivity index (χ1v) is 9.03. The average Bonchev–Trinajstić information content (AvgIpc) is 2.67. The van der Waals surface area contributed by atoms with E-state index in [1.807, 2.05) is 74.5 Å². The molecule has 0 amide bonds. The van der Waals surface area contributed by atoms with Gasteiger partial charge < -0.3 is 7.58 Å². The molecule has 4 nitrogen and oxygen atoms in total. The molecule has 124 valence electrons. The van der Waals surface area contributed by atoms with Gasteiger partial charge in [0.25, 0.3) is 0 Å². The minimum absolute atomic E-state index is 0.797. The Bertz CT molecular complexity index is 969. The Balaban J connectivity index is 0.000000151. The molecule has 0 saturated heterocycles. The van der Waals surface area contributed by atoms with E-state index in [1.165, 1.54) is 0 Å². The lowest BCUT2D eigenvalue weighted by molar-refractivity contribution is 0.621. The van der Waals surface area contributed by atoms with Crippen molar-refractivity contribution in [3.63, 3.8) is 0 Å². The van der Waals surface area contributed by atoms with Crippen molar-refractivity contribution in [3.8, 4) is 11.5 Å². The number of benzene rings is 2. The van der Waals surface area contributed by atoms with Gasteiger partial charge in [-0.1, -0.05) is 36.4 Å². The highest BCUT2D eigenvalue weighted by atomic mass is 27.1. The molecular weight excluding hydrogens is 354 g/mol. The zero-order valence-corrected chi connectivity index (χ0v) is 16.9. The van der Waals surface area contributed by atoms with E-state index in [4.69, 9.17) is 7.58 Å². The molecule has 6 heteroatoms. The third-order valence-corrected chi connectivity index (χ3v) is 4.41. The second-order valence-electron chi connectivity index (χ2n) is 5.80. The summed E-state index contributed by atoms with van der Waals surface area (Å²) in [4.78, 5) is 8.82. The zero-order valence-electron chi connectivity index (χ0n) is 14.6. The van der Waals surface area contributed by atoms with Crippen LogP contribution in [-0.4, -0.2) is 43.2 Å². The minimum atomic E-state index is 0.797. The SMILES string of the molecule is Cc1ccc2cccc([O][Al])c2n1.Cc1ccc2cccc([O][Al])c2n1. The third kappa shape index (κ3) is 4.18. The predicted octanol–water partition coefficient (Wildman–Crippen LogP) is 4.01. The van der Waals surface area contributed by atoms with Crippen LogP contribution in [0.15, 0.2) is 60.7 Å². The summed E-state index contributed by atoms with van der Waals surface area (Å²) in [5.41, 5.74) is 3.83. The number of aryl methyl sites for hydroxylation is 2. The standard InChI is InChI=1S/2C10H9NO.2Al/c2*1-7-5-6-8-3-2-4-9(12)10(8)11-7;;/h2*2-6,12H,1H3;;/q;;2*+1/p-2. The Morgan fingerprint density at radius 1 is 0.615 bits per heavy atom. The minimum Gasteiger partial charge on any atom is -0.652 e. The summed E-state index contributed by atoms with van der Waals surface area (Å²) < 4.78 is 10.3. The maximum absolute atomic E-state index is 5.14. The molecule has 2 aromatic carbocycles. The van der Waals surface area contributed by atoms with Crippen molar-refractivity contribution in [1.29, 1.82) is 0 Å². The van der Waals surface area contributed by atoms with E-state index in [0.717, 1.165) is 44.7 Å². The van der Waals surface area contributed by atoms with E-state index >= 15 is 0 Å². The average molecular weight is 370 g/mol. The molecule has 4 aromatic rings. The molecule has 4 radical (unpaired) electrons. The summed E-state index contributed by atoms with van der Waals surface area (Å²) in [6.45, 7) is 3.94. The summed E-state index contributed by atoms with van der Waals surface area (Å²) in [5.74, 6) is 1.59. The van der Waals surface area contributed by atoms with Crippen molar-refractivity contribution >= 4 is 55.1 Å². The first-order chi connectivity index (χ1) is 12.6. The molecule has 0 aliphatic rings. The van der Waals surface area contributed by atoms with Crippen LogP contribution in [0.25, 0.3) is 21.8 Å². The van der Waals surface area contributed by atoms with Crippen LogP contribution in [0.5, 0.6) is 11.5 Å². The third-order valence-electron chi connectivity index (χ3n) is 3.90. The maximum Gasteiger partial charge on any atom is 0.482 e. The maximum atomic E-state index is 5.14. The Labute approximate surface area is 169 Å². The normalized spacial score (nSPS) is 10.2. The van der Waals surface area contributed by atoms with E-state index in [0.29, 0.717) is 0 Å². The van der Waals surface area contributed by atoms with Crippen molar-refractivity contribution in [1.82, 2.24) is 9.97 Å². The van der Waals surface area contributed by atoms with Crippen LogP contribution in [0.2, 0.25) is 0 Å². The number of hydrogen-bond donors (Lipinski definition) is 0. The Hall–Kier alpha value is -2.08. The molecule has 0 N–H and O–H groups in total. The highest BCUT2D eigenvalue weighted by Crippen LogP contribution is 2.23. The first kappa shape index (κ1) is 18.7. The fourth-order valence-electron chi connectivity index (χ4n) is 2.63. The smallest absolute Gasteiger partial charge is 0.482 e. The predicted molar refractivity (Wildman–Crippen MR) is 106 cm³/mol. The number of fused-ring (bicyclic) bond motifs is 2. The van der Waals surface area contributed by atoms with Gasteiger partial charge in [-0.3, -0.25) is 0 Å². The Kier molecular flexibility index (Phi) is 6.14. The van der Waals surface area contributed by atoms with Gasteiger partial charge in [-0.25, -0.2) is 9.97 Å². The van der Waals surface area contributed by atoms with E-state index < -0.39 is 0 Å². The Morgan fingerprint density at radius 2 is 1.04 bits per heavy atom. The number of rotatable bonds is 2. The second-order valence-corrected chi connectivity index (χ2v) is 6.27. The van der Waals surface area contributed by atoms with Crippen LogP contribution >= 0.6 is 0 Å². The molecule has 0 unspecified atom stereocenters. The quantitative estimate of drug-likeness (QED) is 0.500. The molecule has 0 aliphatic heterocycles. The first-order valence-electron chi connectivity index (χ1n) is 8.08. The van der Waals surface area contributed by atoms with E-state index in [9.17, 15) is 0 Å². The summed E-state index contributed by atoms with van der Waals surface area (Å²) in [7, 11) is 0. The molecule has 26 heavy (non-hydrogen) atoms. The Morgan fingerprint density at radius 3 is 1.42 bits per heavy atom. The van der Waals surface area contributed by atoms with Gasteiger partial charge in [-0.05, 0) is 38.1 Å². The number of hydrogen-bond acceptors (Lipinski definition) is 4. The van der Waals surface area contributed by atoms with E-state index in [2.05, 4.69) is 43.2 Å². The van der Waals surface area contributed by atoms with Gasteiger partial charge in [0.2, 0.25) is 0 Å². The second kappa shape index (κ2) is 8.54. The number of aromatic nitrogens is 2. The summed E-state index contributed by atoms with van der Waals surface area (Å²) >= 11 is 4.48. The highest BCUT2D eigenvalue weighted by Gasteiger charge is 2.01. The molecular formula is C20H16Al2N2O2. The lowest BCUT2D eigenvalue weighted by Crippen LogP contribution is -1.90. The molecule has 2 aromatic heterocycles. The zero-order chi connectivity index (χ0) is 18.5. The van der Waals surface area contributed by atoms with Crippen molar-refractivity contribution in [2.75, 3.05) is 0 Å². The molecule has 2 heterocycles. The van der Waals surface area contributed by atoms with E-state index in [1.54, 1.807) is 0 Å². The van der Waals surface area contributed by atoms with Crippen LogP contribution in [0, 0.1) is 13.8 Å². The van der Waals surface area contributed by atoms with Crippen molar-refractivity contribution in [2.45, 2.75) is 13.8 Å². The van der Waals surface area contributed by atoms with Gasteiger partial charge >= 0.3 is 33.2 Å². The molecule has 0 spiro atoms. The van der Waals surface area contributed by atoms with Gasteiger partial charge in [0.1, 0.15) is 22.5 Å². The number of pyridine rings is 2. The van der Waals surface area contributed by atoms with Gasteiger partial charge in [0.05, 0.1) is 0 Å². The van der Waals surface area contributed by atoms with Crippen LogP contribution in [0.4, 0.5) is 0 Å². The lowest BCUT2D eigenvalue weighted by Gasteiger charge is -2.06. The van der Waals surface area contributed by atoms with Crippen LogP contribution in [0.3, 0.4) is 0 Å². The molecule has 0 aliphatic carbocycles. The van der Waals surface area contributed by atoms with Crippen LogP contribution in [0.1, 0.15) is 11.4 Å². The topological polar surface area (TPSA) is 44.2 Å². The molecule has 4 rings (SSSR count). The molecule has 0 atom stereocenters. The van der Waals surface area contributed by atoms with Crippen molar-refractivity contribution in [2.24, 2.45) is 0 Å². The fourth-order valence-corrected chi connectivity index (χ4v) is 3.01. The molecule has 0 saturated carbocycles. The van der Waals surface area contributed by atoms with Crippen LogP contribution in [-0.2, 0) is 0 Å². The summed E-state index contributed by atoms with van der Waals surface area (Å²) in [6, 6.07) is 19.9. The van der Waals surface area contributed by atoms with Gasteiger partial charge in [0, 0.05) is 22.2 Å². The van der Waals surface area contributed by atoms with Crippen molar-refractivity contribution in [3.05, 3.63) is 72.1 Å². The highest BCUT2D eigenvalue weighted by molar-refractivity contribution is 6.02. The number of para-hydroxylation sites is 2. The summed E-state index contributed by atoms with van der Waals surface area (Å²) in [6.07, 6.45) is 0. The number of nitrogens with zero attached hydrogens (tertiary/aromatic N) is 2. The molecule has 0 fully saturated rings. The van der Waals surface area contributed by atoms with E-state index in [-0.39, 0.29) is 0 Å². The van der Waals surface area contributed by atoms with Crippen molar-refractivity contribution < 1.29 is 7.58 Å². The summed E-state index contributed by atoms with van der Waals surface area (Å²) in [5, 5.41) is 2.20. The molecule has 0 bridgehead atoms. The monoisotopic (exact) mass is 370 g/mol. The van der Waals surface area contributed by atoms with Gasteiger partial charge in [-0.15, -0.1) is 0 Å².